The first kappa shape index (κ1) is 12.7. The van der Waals surface area contributed by atoms with Crippen LogP contribution in [0.25, 0.3) is 0 Å². The molecule has 0 radical (unpaired) electrons. The third kappa shape index (κ3) is 1.77. The molecule has 0 aliphatic carbocycles. The summed E-state index contributed by atoms with van der Waals surface area (Å²) in [7, 11) is 3.29. The number of methoxy groups -OCH3 is 1. The minimum atomic E-state index is -0.359. The van der Waals surface area contributed by atoms with Gasteiger partial charge in [-0.25, -0.2) is 9.48 Å². The van der Waals surface area contributed by atoms with Gasteiger partial charge >= 0.3 is 5.97 Å². The second-order valence-electron chi connectivity index (χ2n) is 4.86. The third-order valence-electron chi connectivity index (χ3n) is 3.68. The molecule has 2 aromatic heterocycles. The number of esters is 1. The van der Waals surface area contributed by atoms with Gasteiger partial charge in [-0.1, -0.05) is 0 Å². The normalized spacial score (nSPS) is 17.4. The molecular weight excluding hydrogens is 258 g/mol. The van der Waals surface area contributed by atoms with Crippen molar-refractivity contribution >= 4 is 11.8 Å². The van der Waals surface area contributed by atoms with Crippen molar-refractivity contribution in [3.63, 3.8) is 0 Å². The molecule has 7 heteroatoms. The quantitative estimate of drug-likeness (QED) is 0.831. The molecular formula is C13H17N5O2. The van der Waals surface area contributed by atoms with Gasteiger partial charge in [0.2, 0.25) is 0 Å². The lowest BCUT2D eigenvalue weighted by Crippen LogP contribution is -2.26. The number of fused-ring (bicyclic) bond motifs is 1. The smallest absolute Gasteiger partial charge is 0.343 e. The summed E-state index contributed by atoms with van der Waals surface area (Å²) in [6.07, 6.45) is 2.67. The Morgan fingerprint density at radius 2 is 2.35 bits per heavy atom. The fourth-order valence-electron chi connectivity index (χ4n) is 2.72. The minimum Gasteiger partial charge on any atom is -0.465 e. The molecule has 7 nitrogen and oxygen atoms in total. The predicted octanol–water partition coefficient (Wildman–Crippen LogP) is 1.12. The number of nitrogens with zero attached hydrogens (tertiary/aromatic N) is 4. The highest BCUT2D eigenvalue weighted by Gasteiger charge is 2.30. The SMILES string of the molecule is COC(=O)c1c(C)nn2c1NCCC2c1ccnn1C. The molecule has 0 saturated carbocycles. The lowest BCUT2D eigenvalue weighted by atomic mass is 10.1. The van der Waals surface area contributed by atoms with Crippen LogP contribution in [0.4, 0.5) is 5.82 Å². The third-order valence-corrected chi connectivity index (χ3v) is 3.68. The molecule has 0 spiro atoms. The van der Waals surface area contributed by atoms with E-state index in [1.54, 1.807) is 6.20 Å². The van der Waals surface area contributed by atoms with E-state index in [1.807, 2.05) is 29.4 Å². The lowest BCUT2D eigenvalue weighted by molar-refractivity contribution is 0.0601. The molecule has 1 N–H and O–H groups in total. The van der Waals surface area contributed by atoms with Crippen LogP contribution in [0.15, 0.2) is 12.3 Å². The summed E-state index contributed by atoms with van der Waals surface area (Å²) in [5, 5.41) is 12.0. The van der Waals surface area contributed by atoms with Crippen molar-refractivity contribution < 1.29 is 9.53 Å². The van der Waals surface area contributed by atoms with E-state index in [-0.39, 0.29) is 12.0 Å². The maximum atomic E-state index is 11.9. The Balaban J connectivity index is 2.11. The molecule has 0 amide bonds. The summed E-state index contributed by atoms with van der Waals surface area (Å²) in [4.78, 5) is 11.9. The summed E-state index contributed by atoms with van der Waals surface area (Å²) in [6, 6.07) is 2.06. The molecule has 106 valence electrons. The first-order valence-electron chi connectivity index (χ1n) is 6.52. The van der Waals surface area contributed by atoms with Crippen LogP contribution in [0.3, 0.4) is 0 Å². The van der Waals surface area contributed by atoms with E-state index < -0.39 is 0 Å². The average molecular weight is 275 g/mol. The lowest BCUT2D eigenvalue weighted by Gasteiger charge is -2.26. The highest BCUT2D eigenvalue weighted by molar-refractivity contribution is 5.96. The Kier molecular flexibility index (Phi) is 2.96. The topological polar surface area (TPSA) is 74.0 Å². The van der Waals surface area contributed by atoms with Gasteiger partial charge in [0.1, 0.15) is 11.4 Å². The van der Waals surface area contributed by atoms with Gasteiger partial charge in [-0.3, -0.25) is 4.68 Å². The molecule has 0 aromatic carbocycles. The number of anilines is 1. The van der Waals surface area contributed by atoms with Gasteiger partial charge in [0, 0.05) is 19.8 Å². The van der Waals surface area contributed by atoms with Crippen LogP contribution in [0, 0.1) is 6.92 Å². The van der Waals surface area contributed by atoms with Gasteiger partial charge < -0.3 is 10.1 Å². The number of aromatic nitrogens is 4. The van der Waals surface area contributed by atoms with Crippen molar-refractivity contribution in [1.29, 1.82) is 0 Å². The van der Waals surface area contributed by atoms with Gasteiger partial charge in [-0.2, -0.15) is 10.2 Å². The largest absolute Gasteiger partial charge is 0.465 e. The first-order valence-corrected chi connectivity index (χ1v) is 6.52. The minimum absolute atomic E-state index is 0.0795. The monoisotopic (exact) mass is 275 g/mol. The van der Waals surface area contributed by atoms with Gasteiger partial charge in [-0.15, -0.1) is 0 Å². The fourth-order valence-corrected chi connectivity index (χ4v) is 2.72. The summed E-state index contributed by atoms with van der Waals surface area (Å²) in [5.41, 5.74) is 2.26. The number of carbonyl (C=O) groups is 1. The van der Waals surface area contributed by atoms with E-state index in [9.17, 15) is 4.79 Å². The van der Waals surface area contributed by atoms with Crippen LogP contribution in [-0.2, 0) is 11.8 Å². The van der Waals surface area contributed by atoms with Crippen LogP contribution < -0.4 is 5.32 Å². The molecule has 0 fully saturated rings. The van der Waals surface area contributed by atoms with Crippen molar-refractivity contribution in [1.82, 2.24) is 19.6 Å². The number of aryl methyl sites for hydroxylation is 2. The van der Waals surface area contributed by atoms with Gasteiger partial charge in [0.25, 0.3) is 0 Å². The summed E-state index contributed by atoms with van der Waals surface area (Å²) in [6.45, 7) is 2.60. The molecule has 0 bridgehead atoms. The van der Waals surface area contributed by atoms with Crippen LogP contribution >= 0.6 is 0 Å². The Labute approximate surface area is 116 Å². The van der Waals surface area contributed by atoms with Crippen LogP contribution in [0.1, 0.15) is 34.2 Å². The van der Waals surface area contributed by atoms with Gasteiger partial charge in [-0.05, 0) is 19.4 Å². The Hall–Kier alpha value is -2.31. The molecule has 1 unspecified atom stereocenters. The maximum absolute atomic E-state index is 11.9. The molecule has 3 rings (SSSR count). The number of nitrogens with one attached hydrogen (secondary N) is 1. The standard InChI is InChI=1S/C13H17N5O2/c1-8-11(13(19)20-3)12-14-6-4-10(18(12)16-8)9-5-7-15-17(9)2/h5,7,10,14H,4,6H2,1-3H3. The molecule has 2 aromatic rings. The van der Waals surface area contributed by atoms with Crippen LogP contribution in [-0.4, -0.2) is 39.2 Å². The van der Waals surface area contributed by atoms with E-state index in [1.165, 1.54) is 7.11 Å². The first-order chi connectivity index (χ1) is 9.63. The molecule has 0 saturated heterocycles. The second kappa shape index (κ2) is 4.66. The van der Waals surface area contributed by atoms with Crippen molar-refractivity contribution in [3.05, 3.63) is 29.2 Å². The zero-order valence-corrected chi connectivity index (χ0v) is 11.8. The van der Waals surface area contributed by atoms with Crippen molar-refractivity contribution in [3.8, 4) is 0 Å². The Bertz CT molecular complexity index is 658. The van der Waals surface area contributed by atoms with E-state index in [2.05, 4.69) is 15.5 Å². The van der Waals surface area contributed by atoms with Crippen LogP contribution in [0.5, 0.6) is 0 Å². The summed E-state index contributed by atoms with van der Waals surface area (Å²) < 4.78 is 8.55. The van der Waals surface area contributed by atoms with E-state index >= 15 is 0 Å². The highest BCUT2D eigenvalue weighted by Crippen LogP contribution is 2.32. The zero-order chi connectivity index (χ0) is 14.3. The van der Waals surface area contributed by atoms with Crippen molar-refractivity contribution in [2.45, 2.75) is 19.4 Å². The number of ether oxygens (including phenoxy) is 1. The van der Waals surface area contributed by atoms with E-state index in [0.29, 0.717) is 11.3 Å². The Morgan fingerprint density at radius 1 is 1.55 bits per heavy atom. The second-order valence-corrected chi connectivity index (χ2v) is 4.86. The predicted molar refractivity (Wildman–Crippen MR) is 72.8 cm³/mol. The van der Waals surface area contributed by atoms with E-state index in [0.717, 1.165) is 24.5 Å². The number of rotatable bonds is 2. The van der Waals surface area contributed by atoms with Gasteiger partial charge in [0.05, 0.1) is 24.5 Å². The highest BCUT2D eigenvalue weighted by atomic mass is 16.5. The number of hydrogen-bond acceptors (Lipinski definition) is 5. The zero-order valence-electron chi connectivity index (χ0n) is 11.8. The maximum Gasteiger partial charge on any atom is 0.343 e. The molecule has 1 aliphatic rings. The van der Waals surface area contributed by atoms with E-state index in [4.69, 9.17) is 4.74 Å². The molecule has 20 heavy (non-hydrogen) atoms. The molecule has 1 aliphatic heterocycles. The molecule has 3 heterocycles. The van der Waals surface area contributed by atoms with Crippen molar-refractivity contribution in [2.24, 2.45) is 7.05 Å². The number of hydrogen-bond donors (Lipinski definition) is 1. The molecule has 1 atom stereocenters. The Morgan fingerprint density at radius 3 is 3.00 bits per heavy atom. The summed E-state index contributed by atoms with van der Waals surface area (Å²) >= 11 is 0. The average Bonchev–Trinajstić information content (AvgIpc) is 3.00. The van der Waals surface area contributed by atoms with Gasteiger partial charge in [0.15, 0.2) is 0 Å². The fraction of sp³-hybridized carbons (Fsp3) is 0.462. The number of carbonyl (C=O) groups excluding carboxylic acids is 1. The van der Waals surface area contributed by atoms with Crippen LogP contribution in [0.2, 0.25) is 0 Å². The van der Waals surface area contributed by atoms with Crippen molar-refractivity contribution in [2.75, 3.05) is 19.0 Å². The summed E-state index contributed by atoms with van der Waals surface area (Å²) in [5.74, 6) is 0.369.